The number of nitrogens with two attached hydrogens (primary N) is 1. The first kappa shape index (κ1) is 11.1. The Hall–Kier alpha value is -2.36. The molecule has 0 heterocycles. The van der Waals surface area contributed by atoms with Crippen LogP contribution in [0.4, 0.5) is 17.1 Å². The lowest BCUT2D eigenvalue weighted by molar-refractivity contribution is 0.415. The normalized spacial score (nSPS) is 9.94. The Labute approximate surface area is 99.7 Å². The van der Waals surface area contributed by atoms with E-state index in [1.807, 2.05) is 24.3 Å². The van der Waals surface area contributed by atoms with Gasteiger partial charge in [-0.15, -0.1) is 0 Å². The van der Waals surface area contributed by atoms with Crippen molar-refractivity contribution in [2.45, 2.75) is 0 Å². The van der Waals surface area contributed by atoms with Crippen molar-refractivity contribution in [3.8, 4) is 11.5 Å². The van der Waals surface area contributed by atoms with Crippen LogP contribution in [0.25, 0.3) is 0 Å². The molecule has 2 aromatic carbocycles. The molecule has 0 saturated carbocycles. The molecule has 0 aliphatic carbocycles. The van der Waals surface area contributed by atoms with Gasteiger partial charge in [-0.25, -0.2) is 0 Å². The fourth-order valence-corrected chi connectivity index (χ4v) is 1.48. The van der Waals surface area contributed by atoms with Gasteiger partial charge in [-0.2, -0.15) is 0 Å². The van der Waals surface area contributed by atoms with Crippen LogP contribution in [0.5, 0.6) is 11.5 Å². The molecule has 0 atom stereocenters. The molecule has 0 aromatic heterocycles. The highest BCUT2D eigenvalue weighted by atomic mass is 16.5. The number of phenolic OH excluding ortho intramolecular Hbond substituents is 1. The number of hydrogen-bond donors (Lipinski definition) is 3. The predicted molar refractivity (Wildman–Crippen MR) is 68.8 cm³/mol. The van der Waals surface area contributed by atoms with Crippen LogP contribution in [0, 0.1) is 0 Å². The number of anilines is 3. The zero-order valence-corrected chi connectivity index (χ0v) is 9.47. The highest BCUT2D eigenvalue weighted by molar-refractivity contribution is 5.69. The molecule has 2 aromatic rings. The lowest BCUT2D eigenvalue weighted by atomic mass is 10.2. The van der Waals surface area contributed by atoms with Crippen molar-refractivity contribution in [3.63, 3.8) is 0 Å². The maximum Gasteiger partial charge on any atom is 0.141 e. The van der Waals surface area contributed by atoms with Crippen molar-refractivity contribution in [1.82, 2.24) is 0 Å². The topological polar surface area (TPSA) is 67.5 Å². The Morgan fingerprint density at radius 2 is 1.82 bits per heavy atom. The molecule has 17 heavy (non-hydrogen) atoms. The Morgan fingerprint density at radius 1 is 1.12 bits per heavy atom. The Bertz CT molecular complexity index is 509. The van der Waals surface area contributed by atoms with E-state index in [2.05, 4.69) is 5.32 Å². The summed E-state index contributed by atoms with van der Waals surface area (Å²) >= 11 is 0. The summed E-state index contributed by atoms with van der Waals surface area (Å²) < 4.78 is 5.07. The van der Waals surface area contributed by atoms with Gasteiger partial charge in [0, 0.05) is 17.4 Å². The molecule has 0 spiro atoms. The number of nitrogens with one attached hydrogen (secondary N) is 1. The number of benzene rings is 2. The van der Waals surface area contributed by atoms with E-state index in [4.69, 9.17) is 10.5 Å². The average molecular weight is 230 g/mol. The second kappa shape index (κ2) is 4.65. The number of aromatic hydroxyl groups is 1. The van der Waals surface area contributed by atoms with Gasteiger partial charge in [-0.05, 0) is 36.4 Å². The maximum absolute atomic E-state index is 9.69. The summed E-state index contributed by atoms with van der Waals surface area (Å²) in [6.07, 6.45) is 0. The van der Waals surface area contributed by atoms with Gasteiger partial charge in [0.2, 0.25) is 0 Å². The molecular formula is C13H14N2O2. The fraction of sp³-hybridized carbons (Fsp3) is 0.0769. The summed E-state index contributed by atoms with van der Waals surface area (Å²) in [7, 11) is 1.62. The molecule has 88 valence electrons. The molecule has 0 saturated heterocycles. The number of hydrogen-bond acceptors (Lipinski definition) is 4. The van der Waals surface area contributed by atoms with Crippen LogP contribution < -0.4 is 15.8 Å². The Kier molecular flexibility index (Phi) is 3.05. The largest absolute Gasteiger partial charge is 0.506 e. The summed E-state index contributed by atoms with van der Waals surface area (Å²) in [5.74, 6) is 0.915. The van der Waals surface area contributed by atoms with E-state index in [0.29, 0.717) is 11.4 Å². The van der Waals surface area contributed by atoms with E-state index in [0.717, 1.165) is 11.4 Å². The average Bonchev–Trinajstić information content (AvgIpc) is 2.34. The molecule has 0 unspecified atom stereocenters. The third-order valence-electron chi connectivity index (χ3n) is 2.39. The molecule has 4 nitrogen and oxygen atoms in total. The smallest absolute Gasteiger partial charge is 0.141 e. The number of rotatable bonds is 3. The highest BCUT2D eigenvalue weighted by Gasteiger charge is 2.01. The van der Waals surface area contributed by atoms with Gasteiger partial charge in [0.1, 0.15) is 11.5 Å². The van der Waals surface area contributed by atoms with Crippen LogP contribution in [0.2, 0.25) is 0 Å². The van der Waals surface area contributed by atoms with Crippen LogP contribution in [0.15, 0.2) is 42.5 Å². The van der Waals surface area contributed by atoms with Gasteiger partial charge in [-0.1, -0.05) is 0 Å². The van der Waals surface area contributed by atoms with Crippen LogP contribution >= 0.6 is 0 Å². The highest BCUT2D eigenvalue weighted by Crippen LogP contribution is 2.29. The summed E-state index contributed by atoms with van der Waals surface area (Å²) in [4.78, 5) is 0. The van der Waals surface area contributed by atoms with E-state index in [1.165, 1.54) is 6.07 Å². The van der Waals surface area contributed by atoms with Crippen molar-refractivity contribution in [1.29, 1.82) is 0 Å². The van der Waals surface area contributed by atoms with E-state index < -0.39 is 0 Å². The standard InChI is InChI=1S/C13H14N2O2/c1-17-11-5-3-10(4-6-11)15-12-7-2-9(14)8-13(12)16/h2-8,15-16H,14H2,1H3. The first-order valence-electron chi connectivity index (χ1n) is 5.18. The van der Waals surface area contributed by atoms with Gasteiger partial charge in [-0.3, -0.25) is 0 Å². The summed E-state index contributed by atoms with van der Waals surface area (Å²) in [5.41, 5.74) is 7.57. The maximum atomic E-state index is 9.69. The van der Waals surface area contributed by atoms with Gasteiger partial charge >= 0.3 is 0 Å². The van der Waals surface area contributed by atoms with Crippen molar-refractivity contribution in [2.75, 3.05) is 18.2 Å². The molecule has 4 heteroatoms. The number of phenols is 1. The van der Waals surface area contributed by atoms with Crippen LogP contribution in [0.3, 0.4) is 0 Å². The van der Waals surface area contributed by atoms with Crippen LogP contribution in [0.1, 0.15) is 0 Å². The van der Waals surface area contributed by atoms with E-state index in [-0.39, 0.29) is 5.75 Å². The Balaban J connectivity index is 2.19. The van der Waals surface area contributed by atoms with Crippen molar-refractivity contribution >= 4 is 17.1 Å². The van der Waals surface area contributed by atoms with Crippen molar-refractivity contribution in [3.05, 3.63) is 42.5 Å². The van der Waals surface area contributed by atoms with Crippen molar-refractivity contribution < 1.29 is 9.84 Å². The molecule has 0 amide bonds. The Morgan fingerprint density at radius 3 is 2.41 bits per heavy atom. The van der Waals surface area contributed by atoms with Gasteiger partial charge in [0.25, 0.3) is 0 Å². The summed E-state index contributed by atoms with van der Waals surface area (Å²) in [5, 5.41) is 12.8. The van der Waals surface area contributed by atoms with Gasteiger partial charge in [0.05, 0.1) is 12.8 Å². The van der Waals surface area contributed by atoms with Crippen LogP contribution in [-0.4, -0.2) is 12.2 Å². The molecule has 0 radical (unpaired) electrons. The first-order chi connectivity index (χ1) is 8.19. The lowest BCUT2D eigenvalue weighted by Gasteiger charge is -2.09. The minimum Gasteiger partial charge on any atom is -0.506 e. The zero-order chi connectivity index (χ0) is 12.3. The number of methoxy groups -OCH3 is 1. The monoisotopic (exact) mass is 230 g/mol. The lowest BCUT2D eigenvalue weighted by Crippen LogP contribution is -1.92. The minimum absolute atomic E-state index is 0.126. The zero-order valence-electron chi connectivity index (χ0n) is 9.47. The fourth-order valence-electron chi connectivity index (χ4n) is 1.48. The quantitative estimate of drug-likeness (QED) is 0.560. The molecule has 4 N–H and O–H groups in total. The first-order valence-corrected chi connectivity index (χ1v) is 5.18. The van der Waals surface area contributed by atoms with Crippen molar-refractivity contribution in [2.24, 2.45) is 0 Å². The SMILES string of the molecule is COc1ccc(Nc2ccc(N)cc2O)cc1. The molecule has 0 bridgehead atoms. The minimum atomic E-state index is 0.126. The molecule has 2 rings (SSSR count). The second-order valence-corrected chi connectivity index (χ2v) is 3.63. The summed E-state index contributed by atoms with van der Waals surface area (Å²) in [6, 6.07) is 12.4. The molecule has 0 aliphatic heterocycles. The number of ether oxygens (including phenoxy) is 1. The van der Waals surface area contributed by atoms with Crippen LogP contribution in [-0.2, 0) is 0 Å². The van der Waals surface area contributed by atoms with E-state index in [1.54, 1.807) is 19.2 Å². The van der Waals surface area contributed by atoms with Gasteiger partial charge < -0.3 is 20.9 Å². The second-order valence-electron chi connectivity index (χ2n) is 3.63. The third kappa shape index (κ3) is 2.60. The molecule has 0 aliphatic rings. The third-order valence-corrected chi connectivity index (χ3v) is 2.39. The van der Waals surface area contributed by atoms with E-state index >= 15 is 0 Å². The molecular weight excluding hydrogens is 216 g/mol. The van der Waals surface area contributed by atoms with E-state index in [9.17, 15) is 5.11 Å². The van der Waals surface area contributed by atoms with Gasteiger partial charge in [0.15, 0.2) is 0 Å². The molecule has 0 fully saturated rings. The number of nitrogen functional groups attached to an aromatic ring is 1. The summed E-state index contributed by atoms with van der Waals surface area (Å²) in [6.45, 7) is 0. The predicted octanol–water partition coefficient (Wildman–Crippen LogP) is 2.73.